The number of aromatic nitrogens is 5. The lowest BCUT2D eigenvalue weighted by atomic mass is 9.92. The fourth-order valence-corrected chi connectivity index (χ4v) is 3.39. The molecule has 0 aliphatic heterocycles. The summed E-state index contributed by atoms with van der Waals surface area (Å²) >= 11 is 1.21. The lowest BCUT2D eigenvalue weighted by molar-refractivity contribution is -0.113. The molecule has 148 valence electrons. The van der Waals surface area contributed by atoms with Gasteiger partial charge in [-0.25, -0.2) is 9.67 Å². The number of hydrogen-bond acceptors (Lipinski definition) is 7. The molecule has 1 N–H and O–H groups in total. The van der Waals surface area contributed by atoms with Crippen LogP contribution >= 0.6 is 11.8 Å². The van der Waals surface area contributed by atoms with Gasteiger partial charge in [0.2, 0.25) is 11.8 Å². The van der Waals surface area contributed by atoms with Crippen LogP contribution in [0.15, 0.2) is 40.5 Å². The zero-order chi connectivity index (χ0) is 20.1. The van der Waals surface area contributed by atoms with E-state index in [4.69, 9.17) is 4.42 Å². The minimum atomic E-state index is -0.101. The normalized spacial score (nSPS) is 11.4. The number of amides is 1. The maximum absolute atomic E-state index is 12.6. The molecule has 0 unspecified atom stereocenters. The predicted molar refractivity (Wildman–Crippen MR) is 107 cm³/mol. The second-order valence-electron chi connectivity index (χ2n) is 7.01. The van der Waals surface area contributed by atoms with Crippen LogP contribution in [0, 0.1) is 0 Å². The summed E-state index contributed by atoms with van der Waals surface area (Å²) in [6.07, 6.45) is 3.01. The van der Waals surface area contributed by atoms with Gasteiger partial charge in [-0.15, -0.1) is 10.2 Å². The van der Waals surface area contributed by atoms with E-state index in [2.05, 4.69) is 65.4 Å². The number of anilines is 1. The molecule has 1 amide bonds. The SMILES string of the molecule is CC(C)c1cccc(C(C)C)c1NC(=O)CSc1nnc(Cn2cncn2)o1. The number of nitrogens with zero attached hydrogens (tertiary/aromatic N) is 5. The Balaban J connectivity index is 1.63. The average Bonchev–Trinajstić information content (AvgIpc) is 3.32. The van der Waals surface area contributed by atoms with Crippen molar-refractivity contribution in [2.45, 2.75) is 51.3 Å². The van der Waals surface area contributed by atoms with Crippen molar-refractivity contribution in [3.63, 3.8) is 0 Å². The minimum absolute atomic E-state index is 0.101. The van der Waals surface area contributed by atoms with E-state index in [0.717, 1.165) is 16.8 Å². The number of thioether (sulfide) groups is 1. The van der Waals surface area contributed by atoms with E-state index in [1.54, 1.807) is 11.0 Å². The summed E-state index contributed by atoms with van der Waals surface area (Å²) in [7, 11) is 0. The summed E-state index contributed by atoms with van der Waals surface area (Å²) in [5.41, 5.74) is 3.19. The van der Waals surface area contributed by atoms with Gasteiger partial charge in [-0.3, -0.25) is 4.79 Å². The summed E-state index contributed by atoms with van der Waals surface area (Å²) in [6.45, 7) is 8.84. The van der Waals surface area contributed by atoms with E-state index in [1.165, 1.54) is 18.1 Å². The molecule has 28 heavy (non-hydrogen) atoms. The largest absolute Gasteiger partial charge is 0.414 e. The second-order valence-corrected chi connectivity index (χ2v) is 7.94. The Hall–Kier alpha value is -2.68. The van der Waals surface area contributed by atoms with Crippen LogP contribution in [-0.4, -0.2) is 36.6 Å². The van der Waals surface area contributed by atoms with Crippen molar-refractivity contribution in [1.29, 1.82) is 0 Å². The second kappa shape index (κ2) is 9.01. The summed E-state index contributed by atoms with van der Waals surface area (Å²) < 4.78 is 7.14. The minimum Gasteiger partial charge on any atom is -0.414 e. The van der Waals surface area contributed by atoms with Crippen molar-refractivity contribution in [1.82, 2.24) is 25.0 Å². The van der Waals surface area contributed by atoms with Crippen molar-refractivity contribution >= 4 is 23.4 Å². The summed E-state index contributed by atoms with van der Waals surface area (Å²) in [4.78, 5) is 16.4. The third kappa shape index (κ3) is 4.98. The van der Waals surface area contributed by atoms with Gasteiger partial charge in [-0.2, -0.15) is 5.10 Å². The van der Waals surface area contributed by atoms with Crippen LogP contribution < -0.4 is 5.32 Å². The van der Waals surface area contributed by atoms with E-state index in [0.29, 0.717) is 29.5 Å². The van der Waals surface area contributed by atoms with Crippen LogP contribution in [0.3, 0.4) is 0 Å². The highest BCUT2D eigenvalue weighted by Gasteiger charge is 2.17. The fourth-order valence-electron chi connectivity index (χ4n) is 2.81. The summed E-state index contributed by atoms with van der Waals surface area (Å²) in [5, 5.41) is 15.4. The molecule has 0 saturated heterocycles. The zero-order valence-electron chi connectivity index (χ0n) is 16.4. The van der Waals surface area contributed by atoms with Crippen LogP contribution in [0.4, 0.5) is 5.69 Å². The Kier molecular flexibility index (Phi) is 6.45. The van der Waals surface area contributed by atoms with Gasteiger partial charge in [0.25, 0.3) is 5.22 Å². The number of para-hydroxylation sites is 1. The van der Waals surface area contributed by atoms with Gasteiger partial charge in [0.05, 0.1) is 5.75 Å². The highest BCUT2D eigenvalue weighted by molar-refractivity contribution is 7.99. The van der Waals surface area contributed by atoms with Gasteiger partial charge >= 0.3 is 0 Å². The van der Waals surface area contributed by atoms with E-state index in [1.807, 2.05) is 6.07 Å². The molecule has 2 heterocycles. The Morgan fingerprint density at radius 1 is 1.18 bits per heavy atom. The Morgan fingerprint density at radius 3 is 2.50 bits per heavy atom. The molecule has 9 heteroatoms. The van der Waals surface area contributed by atoms with Crippen molar-refractivity contribution < 1.29 is 9.21 Å². The molecule has 0 aliphatic carbocycles. The molecule has 1 aromatic carbocycles. The molecule has 0 fully saturated rings. The van der Waals surface area contributed by atoms with Gasteiger partial charge in [0, 0.05) is 5.69 Å². The molecule has 0 bridgehead atoms. The maximum atomic E-state index is 12.6. The van der Waals surface area contributed by atoms with E-state index < -0.39 is 0 Å². The topological polar surface area (TPSA) is 98.7 Å². The highest BCUT2D eigenvalue weighted by atomic mass is 32.2. The Labute approximate surface area is 168 Å². The third-order valence-corrected chi connectivity index (χ3v) is 4.99. The monoisotopic (exact) mass is 400 g/mol. The quantitative estimate of drug-likeness (QED) is 0.576. The van der Waals surface area contributed by atoms with Gasteiger partial charge in [-0.1, -0.05) is 57.7 Å². The first kappa shape index (κ1) is 20.1. The van der Waals surface area contributed by atoms with Gasteiger partial charge in [0.1, 0.15) is 19.2 Å². The number of carbonyl (C=O) groups excluding carboxylic acids is 1. The standard InChI is InChI=1S/C19H24N6O2S/c1-12(2)14-6-5-7-15(13(3)4)18(14)22-16(26)9-28-19-24-23-17(27-19)8-25-11-20-10-21-25/h5-7,10-13H,8-9H2,1-4H3,(H,22,26). The van der Waals surface area contributed by atoms with Crippen LogP contribution in [-0.2, 0) is 11.3 Å². The van der Waals surface area contributed by atoms with Crippen LogP contribution in [0.5, 0.6) is 0 Å². The molecular weight excluding hydrogens is 376 g/mol. The number of benzene rings is 1. The lowest BCUT2D eigenvalue weighted by Crippen LogP contribution is -2.17. The number of rotatable bonds is 8. The van der Waals surface area contributed by atoms with Crippen molar-refractivity contribution in [3.05, 3.63) is 47.9 Å². The van der Waals surface area contributed by atoms with E-state index in [9.17, 15) is 4.79 Å². The fraction of sp³-hybridized carbons (Fsp3) is 0.421. The van der Waals surface area contributed by atoms with Crippen LogP contribution in [0.2, 0.25) is 0 Å². The molecule has 0 spiro atoms. The Bertz CT molecular complexity index is 894. The van der Waals surface area contributed by atoms with Gasteiger partial charge in [-0.05, 0) is 23.0 Å². The molecule has 3 rings (SSSR count). The molecular formula is C19H24N6O2S. The zero-order valence-corrected chi connectivity index (χ0v) is 17.2. The van der Waals surface area contributed by atoms with Crippen molar-refractivity contribution in [2.75, 3.05) is 11.1 Å². The maximum Gasteiger partial charge on any atom is 0.277 e. The highest BCUT2D eigenvalue weighted by Crippen LogP contribution is 2.32. The van der Waals surface area contributed by atoms with Gasteiger partial charge < -0.3 is 9.73 Å². The molecule has 0 radical (unpaired) electrons. The molecule has 8 nitrogen and oxygen atoms in total. The number of hydrogen-bond donors (Lipinski definition) is 1. The molecule has 2 aromatic heterocycles. The average molecular weight is 401 g/mol. The smallest absolute Gasteiger partial charge is 0.277 e. The first-order valence-corrected chi connectivity index (χ1v) is 10.1. The number of nitrogens with one attached hydrogen (secondary N) is 1. The number of carbonyl (C=O) groups is 1. The van der Waals surface area contributed by atoms with E-state index in [-0.39, 0.29) is 11.7 Å². The first-order valence-electron chi connectivity index (χ1n) is 9.14. The molecule has 0 aliphatic rings. The lowest BCUT2D eigenvalue weighted by Gasteiger charge is -2.20. The molecule has 3 aromatic rings. The summed E-state index contributed by atoms with van der Waals surface area (Å²) in [5.74, 6) is 1.14. The third-order valence-electron chi connectivity index (χ3n) is 4.18. The van der Waals surface area contributed by atoms with Crippen molar-refractivity contribution in [2.24, 2.45) is 0 Å². The Morgan fingerprint density at radius 2 is 1.89 bits per heavy atom. The predicted octanol–water partition coefficient (Wildman–Crippen LogP) is 3.69. The van der Waals surface area contributed by atoms with E-state index >= 15 is 0 Å². The first-order chi connectivity index (χ1) is 13.4. The van der Waals surface area contributed by atoms with Crippen LogP contribution in [0.25, 0.3) is 0 Å². The molecule has 0 saturated carbocycles. The van der Waals surface area contributed by atoms with Crippen molar-refractivity contribution in [3.8, 4) is 0 Å². The van der Waals surface area contributed by atoms with Crippen LogP contribution in [0.1, 0.15) is 56.5 Å². The summed E-state index contributed by atoms with van der Waals surface area (Å²) in [6, 6.07) is 6.17. The van der Waals surface area contributed by atoms with Gasteiger partial charge in [0.15, 0.2) is 0 Å². The molecule has 0 atom stereocenters.